The molecule has 6 nitrogen and oxygen atoms in total. The number of likely N-dealkylation sites (tertiary alicyclic amines) is 1. The van der Waals surface area contributed by atoms with Crippen LogP contribution in [0, 0.1) is 5.92 Å². The highest BCUT2D eigenvalue weighted by Gasteiger charge is 2.24. The van der Waals surface area contributed by atoms with Crippen molar-refractivity contribution in [1.29, 1.82) is 0 Å². The smallest absolute Gasteiger partial charge is 0.193 e. The lowest BCUT2D eigenvalue weighted by Crippen LogP contribution is -2.39. The lowest BCUT2D eigenvalue weighted by molar-refractivity contribution is -0.0390. The van der Waals surface area contributed by atoms with Crippen molar-refractivity contribution < 1.29 is 14.2 Å². The lowest BCUT2D eigenvalue weighted by atomic mass is 10.1. The van der Waals surface area contributed by atoms with Gasteiger partial charge < -0.3 is 24.4 Å². The molecule has 0 aromatic heterocycles. The van der Waals surface area contributed by atoms with Crippen LogP contribution < -0.4 is 5.32 Å². The molecule has 1 unspecified atom stereocenters. The van der Waals surface area contributed by atoms with E-state index in [9.17, 15) is 0 Å². The van der Waals surface area contributed by atoms with Gasteiger partial charge in [-0.15, -0.1) is 0 Å². The third-order valence-corrected chi connectivity index (χ3v) is 5.30. The van der Waals surface area contributed by atoms with Crippen LogP contribution in [0.4, 0.5) is 0 Å². The zero-order valence-corrected chi connectivity index (χ0v) is 16.7. The van der Waals surface area contributed by atoms with E-state index in [0.29, 0.717) is 18.6 Å². The van der Waals surface area contributed by atoms with Crippen molar-refractivity contribution in [2.75, 3.05) is 47.1 Å². The first-order valence-corrected chi connectivity index (χ1v) is 10.00. The minimum absolute atomic E-state index is 0.328. The summed E-state index contributed by atoms with van der Waals surface area (Å²) in [5.74, 6) is 1.57. The zero-order valence-electron chi connectivity index (χ0n) is 16.7. The molecule has 2 aliphatic rings. The predicted octanol–water partition coefficient (Wildman–Crippen LogP) is 2.43. The predicted molar refractivity (Wildman–Crippen MR) is 107 cm³/mol. The highest BCUT2D eigenvalue weighted by Crippen LogP contribution is 2.17. The second-order valence-corrected chi connectivity index (χ2v) is 7.40. The fraction of sp³-hybridized carbons (Fsp3) is 0.667. The van der Waals surface area contributed by atoms with Gasteiger partial charge in [0.05, 0.1) is 19.3 Å². The number of hydrogen-bond acceptors (Lipinski definition) is 4. The number of guanidine groups is 1. The number of aliphatic imine (C=N–C) groups is 1. The number of methoxy groups -OCH3 is 1. The van der Waals surface area contributed by atoms with Crippen molar-refractivity contribution in [3.63, 3.8) is 0 Å². The molecule has 1 aromatic rings. The van der Waals surface area contributed by atoms with E-state index in [4.69, 9.17) is 14.2 Å². The van der Waals surface area contributed by atoms with Gasteiger partial charge in [0.1, 0.15) is 0 Å². The third kappa shape index (κ3) is 6.19. The van der Waals surface area contributed by atoms with Crippen LogP contribution in [-0.2, 0) is 27.4 Å². The molecule has 0 saturated carbocycles. The molecule has 1 N–H and O–H groups in total. The number of nitrogens with one attached hydrogen (secondary N) is 1. The van der Waals surface area contributed by atoms with Crippen LogP contribution in [0.25, 0.3) is 0 Å². The SMILES string of the molecule is CN=C(NCc1cccc(COC2CCOCC2)c1)N1CCC(COC)C1. The molecule has 3 rings (SSSR count). The third-order valence-electron chi connectivity index (χ3n) is 5.30. The Morgan fingerprint density at radius 1 is 1.26 bits per heavy atom. The number of ether oxygens (including phenoxy) is 3. The molecule has 150 valence electrons. The van der Waals surface area contributed by atoms with E-state index >= 15 is 0 Å². The molecule has 2 heterocycles. The van der Waals surface area contributed by atoms with Crippen LogP contribution in [0.3, 0.4) is 0 Å². The molecule has 1 aromatic carbocycles. The largest absolute Gasteiger partial charge is 0.384 e. The molecular weight excluding hydrogens is 342 g/mol. The quantitative estimate of drug-likeness (QED) is 0.586. The van der Waals surface area contributed by atoms with Crippen LogP contribution in [0.15, 0.2) is 29.3 Å². The molecular formula is C21H33N3O3. The van der Waals surface area contributed by atoms with Gasteiger partial charge in [0.2, 0.25) is 0 Å². The van der Waals surface area contributed by atoms with E-state index in [1.165, 1.54) is 11.1 Å². The normalized spacial score (nSPS) is 21.6. The van der Waals surface area contributed by atoms with E-state index < -0.39 is 0 Å². The Morgan fingerprint density at radius 2 is 2.07 bits per heavy atom. The Bertz CT molecular complexity index is 602. The minimum Gasteiger partial charge on any atom is -0.384 e. The van der Waals surface area contributed by atoms with Crippen LogP contribution in [-0.4, -0.2) is 64.0 Å². The molecule has 0 amide bonds. The maximum atomic E-state index is 6.04. The summed E-state index contributed by atoms with van der Waals surface area (Å²) < 4.78 is 16.7. The maximum Gasteiger partial charge on any atom is 0.193 e. The number of rotatable bonds is 7. The lowest BCUT2D eigenvalue weighted by Gasteiger charge is -2.23. The van der Waals surface area contributed by atoms with Crippen LogP contribution in [0.1, 0.15) is 30.4 Å². The fourth-order valence-corrected chi connectivity index (χ4v) is 3.80. The summed E-state index contributed by atoms with van der Waals surface area (Å²) in [7, 11) is 3.62. The average molecular weight is 376 g/mol. The van der Waals surface area contributed by atoms with E-state index in [2.05, 4.69) is 39.5 Å². The summed E-state index contributed by atoms with van der Waals surface area (Å²) in [5, 5.41) is 3.50. The van der Waals surface area contributed by atoms with Gasteiger partial charge in [-0.1, -0.05) is 24.3 Å². The summed E-state index contributed by atoms with van der Waals surface area (Å²) in [6, 6.07) is 8.60. The molecule has 0 bridgehead atoms. The molecule has 0 spiro atoms. The van der Waals surface area contributed by atoms with Gasteiger partial charge in [-0.25, -0.2) is 0 Å². The molecule has 1 atom stereocenters. The molecule has 0 aliphatic carbocycles. The number of hydrogen-bond donors (Lipinski definition) is 1. The minimum atomic E-state index is 0.328. The highest BCUT2D eigenvalue weighted by atomic mass is 16.5. The molecule has 6 heteroatoms. The van der Waals surface area contributed by atoms with Crippen molar-refractivity contribution in [2.24, 2.45) is 10.9 Å². The maximum absolute atomic E-state index is 6.04. The molecule has 0 radical (unpaired) electrons. The molecule has 2 aliphatic heterocycles. The van der Waals surface area contributed by atoms with E-state index in [0.717, 1.165) is 64.7 Å². The standard InChI is InChI=1S/C21H33N3O3/c1-22-21(24-9-6-19(14-24)15-25-2)23-13-17-4-3-5-18(12-17)16-27-20-7-10-26-11-8-20/h3-5,12,19-20H,6-11,13-16H2,1-2H3,(H,22,23). The molecule has 2 fully saturated rings. The first kappa shape index (κ1) is 20.1. The van der Waals surface area contributed by atoms with Crippen molar-refractivity contribution >= 4 is 5.96 Å². The summed E-state index contributed by atoms with van der Waals surface area (Å²) in [5.41, 5.74) is 2.47. The summed E-state index contributed by atoms with van der Waals surface area (Å²) in [4.78, 5) is 6.77. The van der Waals surface area contributed by atoms with Crippen LogP contribution in [0.5, 0.6) is 0 Å². The van der Waals surface area contributed by atoms with Crippen molar-refractivity contribution in [2.45, 2.75) is 38.5 Å². The van der Waals surface area contributed by atoms with E-state index in [1.807, 2.05) is 7.05 Å². The van der Waals surface area contributed by atoms with E-state index in [1.54, 1.807) is 7.11 Å². The Morgan fingerprint density at radius 3 is 2.85 bits per heavy atom. The number of nitrogens with zero attached hydrogens (tertiary/aromatic N) is 2. The van der Waals surface area contributed by atoms with Gasteiger partial charge >= 0.3 is 0 Å². The molecule has 27 heavy (non-hydrogen) atoms. The Labute approximate surface area is 162 Å². The summed E-state index contributed by atoms with van der Waals surface area (Å²) >= 11 is 0. The first-order chi connectivity index (χ1) is 13.3. The Balaban J connectivity index is 1.47. The highest BCUT2D eigenvalue weighted by molar-refractivity contribution is 5.80. The van der Waals surface area contributed by atoms with Gasteiger partial charge in [-0.2, -0.15) is 0 Å². The zero-order chi connectivity index (χ0) is 18.9. The van der Waals surface area contributed by atoms with Crippen LogP contribution in [0.2, 0.25) is 0 Å². The first-order valence-electron chi connectivity index (χ1n) is 10.00. The summed E-state index contributed by atoms with van der Waals surface area (Å²) in [6.45, 7) is 5.92. The van der Waals surface area contributed by atoms with Crippen molar-refractivity contribution in [3.8, 4) is 0 Å². The average Bonchev–Trinajstić information content (AvgIpc) is 3.17. The van der Waals surface area contributed by atoms with Gasteiger partial charge in [0.25, 0.3) is 0 Å². The van der Waals surface area contributed by atoms with Crippen LogP contribution >= 0.6 is 0 Å². The second-order valence-electron chi connectivity index (χ2n) is 7.40. The Hall–Kier alpha value is -1.63. The van der Waals surface area contributed by atoms with Gasteiger partial charge in [-0.3, -0.25) is 4.99 Å². The fourth-order valence-electron chi connectivity index (χ4n) is 3.80. The second kappa shape index (κ2) is 10.6. The topological polar surface area (TPSA) is 55.3 Å². The van der Waals surface area contributed by atoms with E-state index in [-0.39, 0.29) is 0 Å². The number of benzene rings is 1. The monoisotopic (exact) mass is 375 g/mol. The molecule has 2 saturated heterocycles. The van der Waals surface area contributed by atoms with Crippen molar-refractivity contribution in [3.05, 3.63) is 35.4 Å². The Kier molecular flexibility index (Phi) is 7.93. The van der Waals surface area contributed by atoms with Crippen molar-refractivity contribution in [1.82, 2.24) is 10.2 Å². The van der Waals surface area contributed by atoms with Gasteiger partial charge in [-0.05, 0) is 30.4 Å². The summed E-state index contributed by atoms with van der Waals surface area (Å²) in [6.07, 6.45) is 3.48. The van der Waals surface area contributed by atoms with Gasteiger partial charge in [0, 0.05) is 52.9 Å². The van der Waals surface area contributed by atoms with Gasteiger partial charge in [0.15, 0.2) is 5.96 Å².